The molecule has 0 aromatic heterocycles. The number of rotatable bonds is 1. The summed E-state index contributed by atoms with van der Waals surface area (Å²) in [6.45, 7) is 2.01. The van der Waals surface area contributed by atoms with Crippen LogP contribution in [0.4, 0.5) is 4.39 Å². The fourth-order valence-electron chi connectivity index (χ4n) is 2.56. The van der Waals surface area contributed by atoms with E-state index in [9.17, 15) is 9.50 Å². The molecular weight excluding hydrogens is 243 g/mol. The topological polar surface area (TPSA) is 29.5 Å². The molecule has 0 amide bonds. The van der Waals surface area contributed by atoms with Crippen LogP contribution in [-0.2, 0) is 0 Å². The third-order valence-electron chi connectivity index (χ3n) is 3.58. The number of aliphatic hydroxyl groups is 1. The molecule has 0 bridgehead atoms. The van der Waals surface area contributed by atoms with Crippen LogP contribution in [0.15, 0.2) is 42.5 Å². The van der Waals surface area contributed by atoms with Crippen molar-refractivity contribution in [1.82, 2.24) is 0 Å². The van der Waals surface area contributed by atoms with Gasteiger partial charge < -0.3 is 9.84 Å². The second-order valence-corrected chi connectivity index (χ2v) is 4.90. The highest BCUT2D eigenvalue weighted by molar-refractivity contribution is 5.40. The molecule has 2 aromatic rings. The first-order valence-electron chi connectivity index (χ1n) is 6.35. The summed E-state index contributed by atoms with van der Waals surface area (Å²) in [5, 5.41) is 10.2. The molecule has 0 radical (unpaired) electrons. The molecule has 2 aromatic carbocycles. The first-order valence-corrected chi connectivity index (χ1v) is 6.35. The molecule has 98 valence electrons. The Kier molecular flexibility index (Phi) is 2.99. The second kappa shape index (κ2) is 4.67. The molecule has 2 atom stereocenters. The Morgan fingerprint density at radius 3 is 2.74 bits per heavy atom. The molecule has 2 unspecified atom stereocenters. The Balaban J connectivity index is 1.99. The average molecular weight is 258 g/mol. The number of aliphatic hydroxyl groups excluding tert-OH is 1. The van der Waals surface area contributed by atoms with Crippen molar-refractivity contribution in [2.24, 2.45) is 0 Å². The number of benzene rings is 2. The summed E-state index contributed by atoms with van der Waals surface area (Å²) in [5.41, 5.74) is 2.81. The van der Waals surface area contributed by atoms with E-state index < -0.39 is 6.10 Å². The van der Waals surface area contributed by atoms with E-state index >= 15 is 0 Å². The number of ether oxygens (including phenoxy) is 1. The van der Waals surface area contributed by atoms with Gasteiger partial charge in [0.1, 0.15) is 17.7 Å². The minimum atomic E-state index is -0.617. The molecular formula is C16H15FO2. The summed E-state index contributed by atoms with van der Waals surface area (Å²) in [4.78, 5) is 0. The SMILES string of the molecule is Cc1ccccc1C1CC(O)c2ccc(F)cc2O1. The van der Waals surface area contributed by atoms with E-state index in [-0.39, 0.29) is 11.9 Å². The molecule has 1 aliphatic rings. The van der Waals surface area contributed by atoms with Crippen molar-refractivity contribution in [2.75, 3.05) is 0 Å². The fraction of sp³-hybridized carbons (Fsp3) is 0.250. The zero-order chi connectivity index (χ0) is 13.4. The highest BCUT2D eigenvalue weighted by atomic mass is 19.1. The van der Waals surface area contributed by atoms with Gasteiger partial charge in [-0.2, -0.15) is 0 Å². The van der Waals surface area contributed by atoms with Crippen molar-refractivity contribution in [3.8, 4) is 5.75 Å². The Morgan fingerprint density at radius 1 is 1.16 bits per heavy atom. The molecule has 0 aliphatic carbocycles. The van der Waals surface area contributed by atoms with E-state index in [1.54, 1.807) is 6.07 Å². The van der Waals surface area contributed by atoms with E-state index in [0.717, 1.165) is 11.1 Å². The maximum absolute atomic E-state index is 13.3. The smallest absolute Gasteiger partial charge is 0.128 e. The highest BCUT2D eigenvalue weighted by Gasteiger charge is 2.28. The number of hydrogen-bond donors (Lipinski definition) is 1. The van der Waals surface area contributed by atoms with Crippen LogP contribution >= 0.6 is 0 Å². The van der Waals surface area contributed by atoms with Crippen molar-refractivity contribution in [3.63, 3.8) is 0 Å². The van der Waals surface area contributed by atoms with Crippen LogP contribution < -0.4 is 4.74 Å². The van der Waals surface area contributed by atoms with Gasteiger partial charge in [0.15, 0.2) is 0 Å². The lowest BCUT2D eigenvalue weighted by molar-refractivity contribution is 0.0651. The quantitative estimate of drug-likeness (QED) is 0.845. The maximum Gasteiger partial charge on any atom is 0.128 e. The van der Waals surface area contributed by atoms with E-state index in [4.69, 9.17) is 4.74 Å². The molecule has 1 heterocycles. The van der Waals surface area contributed by atoms with Gasteiger partial charge in [-0.25, -0.2) is 4.39 Å². The van der Waals surface area contributed by atoms with Gasteiger partial charge in [-0.3, -0.25) is 0 Å². The monoisotopic (exact) mass is 258 g/mol. The van der Waals surface area contributed by atoms with Crippen molar-refractivity contribution in [2.45, 2.75) is 25.6 Å². The first-order chi connectivity index (χ1) is 9.15. The summed E-state index contributed by atoms with van der Waals surface area (Å²) < 4.78 is 19.1. The summed E-state index contributed by atoms with van der Waals surface area (Å²) in [5.74, 6) is 0.0865. The highest BCUT2D eigenvalue weighted by Crippen LogP contribution is 2.41. The van der Waals surface area contributed by atoms with Crippen LogP contribution in [0, 0.1) is 12.7 Å². The molecule has 1 N–H and O–H groups in total. The van der Waals surface area contributed by atoms with Gasteiger partial charge in [-0.05, 0) is 30.2 Å². The van der Waals surface area contributed by atoms with E-state index in [0.29, 0.717) is 17.7 Å². The normalized spacial score (nSPS) is 21.6. The van der Waals surface area contributed by atoms with Gasteiger partial charge in [0.2, 0.25) is 0 Å². The van der Waals surface area contributed by atoms with Crippen LogP contribution in [-0.4, -0.2) is 5.11 Å². The lowest BCUT2D eigenvalue weighted by Crippen LogP contribution is -2.19. The van der Waals surface area contributed by atoms with Crippen LogP contribution in [0.2, 0.25) is 0 Å². The van der Waals surface area contributed by atoms with Gasteiger partial charge in [-0.15, -0.1) is 0 Å². The van der Waals surface area contributed by atoms with Gasteiger partial charge in [0.25, 0.3) is 0 Å². The number of halogens is 1. The third kappa shape index (κ3) is 2.22. The van der Waals surface area contributed by atoms with Crippen molar-refractivity contribution in [1.29, 1.82) is 0 Å². The molecule has 0 saturated carbocycles. The van der Waals surface area contributed by atoms with Gasteiger partial charge >= 0.3 is 0 Å². The van der Waals surface area contributed by atoms with Crippen molar-refractivity contribution in [3.05, 3.63) is 65.0 Å². The second-order valence-electron chi connectivity index (χ2n) is 4.90. The zero-order valence-corrected chi connectivity index (χ0v) is 10.6. The number of fused-ring (bicyclic) bond motifs is 1. The predicted octanol–water partition coefficient (Wildman–Crippen LogP) is 3.69. The average Bonchev–Trinajstić information content (AvgIpc) is 2.38. The van der Waals surface area contributed by atoms with Crippen LogP contribution in [0.3, 0.4) is 0 Å². The molecule has 2 nitrogen and oxygen atoms in total. The predicted molar refractivity (Wildman–Crippen MR) is 70.5 cm³/mol. The van der Waals surface area contributed by atoms with Crippen molar-refractivity contribution < 1.29 is 14.2 Å². The van der Waals surface area contributed by atoms with Crippen molar-refractivity contribution >= 4 is 0 Å². The maximum atomic E-state index is 13.3. The Morgan fingerprint density at radius 2 is 1.95 bits per heavy atom. The minimum Gasteiger partial charge on any atom is -0.485 e. The Bertz CT molecular complexity index is 609. The summed E-state index contributed by atoms with van der Waals surface area (Å²) in [6, 6.07) is 12.2. The summed E-state index contributed by atoms with van der Waals surface area (Å²) in [7, 11) is 0. The molecule has 1 aliphatic heterocycles. The molecule has 3 heteroatoms. The van der Waals surface area contributed by atoms with Gasteiger partial charge in [0, 0.05) is 18.1 Å². The largest absolute Gasteiger partial charge is 0.485 e. The lowest BCUT2D eigenvalue weighted by Gasteiger charge is -2.30. The fourth-order valence-corrected chi connectivity index (χ4v) is 2.56. The molecule has 0 spiro atoms. The Labute approximate surface area is 111 Å². The first kappa shape index (κ1) is 12.2. The van der Waals surface area contributed by atoms with Crippen LogP contribution in [0.5, 0.6) is 5.75 Å². The van der Waals surface area contributed by atoms with E-state index in [1.807, 2.05) is 31.2 Å². The van der Waals surface area contributed by atoms with E-state index in [2.05, 4.69) is 0 Å². The number of hydrogen-bond acceptors (Lipinski definition) is 2. The molecule has 0 fully saturated rings. The lowest BCUT2D eigenvalue weighted by atomic mass is 9.93. The summed E-state index contributed by atoms with van der Waals surface area (Å²) in [6.07, 6.45) is -0.358. The van der Waals surface area contributed by atoms with Gasteiger partial charge in [-0.1, -0.05) is 24.3 Å². The summed E-state index contributed by atoms with van der Waals surface area (Å²) >= 11 is 0. The van der Waals surface area contributed by atoms with E-state index in [1.165, 1.54) is 12.1 Å². The van der Waals surface area contributed by atoms with Gasteiger partial charge in [0.05, 0.1) is 6.10 Å². The molecule has 19 heavy (non-hydrogen) atoms. The Hall–Kier alpha value is -1.87. The van der Waals surface area contributed by atoms with Crippen LogP contribution in [0.1, 0.15) is 35.3 Å². The minimum absolute atomic E-state index is 0.231. The standard InChI is InChI=1S/C16H15FO2/c1-10-4-2-3-5-12(10)16-9-14(18)13-7-6-11(17)8-15(13)19-16/h2-8,14,16,18H,9H2,1H3. The zero-order valence-electron chi connectivity index (χ0n) is 10.6. The third-order valence-corrected chi connectivity index (χ3v) is 3.58. The number of aryl methyl sites for hydroxylation is 1. The molecule has 0 saturated heterocycles. The van der Waals surface area contributed by atoms with Crippen LogP contribution in [0.25, 0.3) is 0 Å². The molecule has 3 rings (SSSR count).